The molecule has 0 unspecified atom stereocenters. The molecule has 3 aromatic carbocycles. The molecular weight excluding hydrogens is 480 g/mol. The first-order valence-corrected chi connectivity index (χ1v) is 11.7. The van der Waals surface area contributed by atoms with Crippen LogP contribution in [0.1, 0.15) is 17.2 Å². The number of halogens is 1. The monoisotopic (exact) mass is 500 g/mol. The maximum absolute atomic E-state index is 13.5. The highest BCUT2D eigenvalue weighted by Crippen LogP contribution is 2.38. The van der Waals surface area contributed by atoms with Crippen LogP contribution in [-0.2, 0) is 10.0 Å². The first kappa shape index (κ1) is 21.4. The van der Waals surface area contributed by atoms with E-state index in [1.54, 1.807) is 56.7 Å². The zero-order valence-electron chi connectivity index (χ0n) is 16.9. The number of nitrogens with zero attached hydrogens (tertiary/aromatic N) is 1. The lowest BCUT2D eigenvalue weighted by molar-refractivity contribution is 0.340. The van der Waals surface area contributed by atoms with E-state index in [9.17, 15) is 8.42 Å². The Hall–Kier alpha value is -2.81. The summed E-state index contributed by atoms with van der Waals surface area (Å²) in [7, 11) is -0.718. The second-order valence-electron chi connectivity index (χ2n) is 6.87. The number of rotatable bonds is 6. The minimum atomic E-state index is -3.83. The van der Waals surface area contributed by atoms with Crippen molar-refractivity contribution in [1.29, 1.82) is 0 Å². The average Bonchev–Trinajstić information content (AvgIpc) is 3.26. The summed E-state index contributed by atoms with van der Waals surface area (Å²) in [5.74, 6) is 1.11. The molecule has 0 saturated heterocycles. The maximum Gasteiger partial charge on any atom is 0.260 e. The van der Waals surface area contributed by atoms with E-state index in [4.69, 9.17) is 9.47 Å². The van der Waals surface area contributed by atoms with Crippen LogP contribution in [0.2, 0.25) is 0 Å². The van der Waals surface area contributed by atoms with Gasteiger partial charge in [0.05, 0.1) is 30.9 Å². The van der Waals surface area contributed by atoms with Crippen LogP contribution in [0.25, 0.3) is 5.70 Å². The lowest BCUT2D eigenvalue weighted by atomic mass is 10.0. The van der Waals surface area contributed by atoms with Gasteiger partial charge in [-0.1, -0.05) is 52.3 Å². The first-order chi connectivity index (χ1) is 14.9. The van der Waals surface area contributed by atoms with Crippen LogP contribution in [0.4, 0.5) is 0 Å². The van der Waals surface area contributed by atoms with E-state index >= 15 is 0 Å². The van der Waals surface area contributed by atoms with Crippen LogP contribution in [0.3, 0.4) is 0 Å². The van der Waals surface area contributed by atoms with Crippen molar-refractivity contribution in [3.05, 3.63) is 94.5 Å². The Morgan fingerprint density at radius 2 is 1.58 bits per heavy atom. The normalized spacial score (nSPS) is 16.5. The van der Waals surface area contributed by atoms with E-state index in [1.807, 2.05) is 36.4 Å². The highest BCUT2D eigenvalue weighted by atomic mass is 79.9. The van der Waals surface area contributed by atoms with Crippen molar-refractivity contribution in [2.75, 3.05) is 14.2 Å². The molecule has 1 aliphatic heterocycles. The van der Waals surface area contributed by atoms with E-state index in [0.29, 0.717) is 17.2 Å². The van der Waals surface area contributed by atoms with Gasteiger partial charge >= 0.3 is 0 Å². The molecule has 1 aliphatic rings. The van der Waals surface area contributed by atoms with E-state index in [1.165, 1.54) is 4.41 Å². The Kier molecular flexibility index (Phi) is 6.04. The van der Waals surface area contributed by atoms with Gasteiger partial charge in [0.15, 0.2) is 11.5 Å². The Morgan fingerprint density at radius 3 is 2.23 bits per heavy atom. The van der Waals surface area contributed by atoms with Gasteiger partial charge in [0.1, 0.15) is 0 Å². The SMILES string of the molecule is COc1ccc([C@H]2C=C(c3ccc(Br)cc3)NN2S(=O)(=O)c2ccccc2)cc1OC. The molecule has 0 radical (unpaired) electrons. The van der Waals surface area contributed by atoms with Crippen molar-refractivity contribution >= 4 is 31.7 Å². The van der Waals surface area contributed by atoms with Crippen molar-refractivity contribution in [2.24, 2.45) is 0 Å². The standard InChI is InChI=1S/C23H21BrN2O4S/c1-29-22-13-10-17(14-23(22)30-2)21-15-20(16-8-11-18(24)12-9-16)25-26(21)31(27,28)19-6-4-3-5-7-19/h3-15,21,25H,1-2H3/t21-/m1/s1. The number of ether oxygens (including phenoxy) is 2. The lowest BCUT2D eigenvalue weighted by Gasteiger charge is -2.25. The number of benzene rings is 3. The second kappa shape index (κ2) is 8.74. The largest absolute Gasteiger partial charge is 0.493 e. The van der Waals surface area contributed by atoms with Gasteiger partial charge in [0.25, 0.3) is 10.0 Å². The molecule has 0 fully saturated rings. The van der Waals surface area contributed by atoms with Gasteiger partial charge in [-0.2, -0.15) is 0 Å². The zero-order chi connectivity index (χ0) is 22.0. The fourth-order valence-corrected chi connectivity index (χ4v) is 5.12. The molecule has 8 heteroatoms. The Balaban J connectivity index is 1.81. The summed E-state index contributed by atoms with van der Waals surface area (Å²) in [6.07, 6.45) is 1.89. The van der Waals surface area contributed by atoms with E-state index in [0.717, 1.165) is 15.6 Å². The fraction of sp³-hybridized carbons (Fsp3) is 0.130. The van der Waals surface area contributed by atoms with Crippen molar-refractivity contribution in [2.45, 2.75) is 10.9 Å². The minimum Gasteiger partial charge on any atom is -0.493 e. The first-order valence-electron chi connectivity index (χ1n) is 9.50. The predicted octanol–water partition coefficient (Wildman–Crippen LogP) is 4.76. The quantitative estimate of drug-likeness (QED) is 0.528. The van der Waals surface area contributed by atoms with E-state index in [-0.39, 0.29) is 4.90 Å². The van der Waals surface area contributed by atoms with Gasteiger partial charge in [-0.05, 0) is 53.6 Å². The molecule has 0 amide bonds. The van der Waals surface area contributed by atoms with Crippen LogP contribution in [-0.4, -0.2) is 27.1 Å². The molecule has 1 heterocycles. The van der Waals surface area contributed by atoms with Gasteiger partial charge in [-0.15, -0.1) is 4.41 Å². The number of sulfonamides is 1. The predicted molar refractivity (Wildman–Crippen MR) is 123 cm³/mol. The summed E-state index contributed by atoms with van der Waals surface area (Å²) in [5, 5.41) is 0. The second-order valence-corrected chi connectivity index (χ2v) is 9.60. The molecule has 0 spiro atoms. The third-order valence-corrected chi connectivity index (χ3v) is 7.25. The summed E-state index contributed by atoms with van der Waals surface area (Å²) < 4.78 is 40.0. The van der Waals surface area contributed by atoms with Gasteiger partial charge in [0, 0.05) is 4.47 Å². The third kappa shape index (κ3) is 4.19. The molecule has 1 atom stereocenters. The van der Waals surface area contributed by atoms with Crippen molar-refractivity contribution in [3.63, 3.8) is 0 Å². The van der Waals surface area contributed by atoms with Crippen molar-refractivity contribution in [3.8, 4) is 11.5 Å². The highest BCUT2D eigenvalue weighted by molar-refractivity contribution is 9.10. The topological polar surface area (TPSA) is 67.9 Å². The number of hydrogen-bond acceptors (Lipinski definition) is 5. The molecule has 3 aromatic rings. The van der Waals surface area contributed by atoms with E-state index in [2.05, 4.69) is 21.4 Å². The van der Waals surface area contributed by atoms with Crippen LogP contribution in [0, 0.1) is 0 Å². The maximum atomic E-state index is 13.5. The minimum absolute atomic E-state index is 0.207. The number of hydrazine groups is 1. The molecule has 1 N–H and O–H groups in total. The molecule has 31 heavy (non-hydrogen) atoms. The third-order valence-electron chi connectivity index (χ3n) is 5.01. The lowest BCUT2D eigenvalue weighted by Crippen LogP contribution is -2.39. The molecular formula is C23H21BrN2O4S. The van der Waals surface area contributed by atoms with Crippen LogP contribution < -0.4 is 14.9 Å². The molecule has 6 nitrogen and oxygen atoms in total. The average molecular weight is 501 g/mol. The number of nitrogens with one attached hydrogen (secondary N) is 1. The summed E-state index contributed by atoms with van der Waals surface area (Å²) in [4.78, 5) is 0.207. The Labute approximate surface area is 190 Å². The molecule has 0 bridgehead atoms. The van der Waals surface area contributed by atoms with Crippen LogP contribution in [0.5, 0.6) is 11.5 Å². The molecule has 4 rings (SSSR count). The summed E-state index contributed by atoms with van der Waals surface area (Å²) in [6.45, 7) is 0. The zero-order valence-corrected chi connectivity index (χ0v) is 19.4. The fourth-order valence-electron chi connectivity index (χ4n) is 3.43. The summed E-state index contributed by atoms with van der Waals surface area (Å²) in [5.41, 5.74) is 5.42. The summed E-state index contributed by atoms with van der Waals surface area (Å²) in [6, 6.07) is 20.9. The molecule has 0 aromatic heterocycles. The van der Waals surface area contributed by atoms with Gasteiger partial charge < -0.3 is 14.9 Å². The van der Waals surface area contributed by atoms with Crippen LogP contribution >= 0.6 is 15.9 Å². The van der Waals surface area contributed by atoms with Gasteiger partial charge in [-0.25, -0.2) is 8.42 Å². The van der Waals surface area contributed by atoms with E-state index < -0.39 is 16.1 Å². The van der Waals surface area contributed by atoms with Crippen molar-refractivity contribution < 1.29 is 17.9 Å². The summed E-state index contributed by atoms with van der Waals surface area (Å²) >= 11 is 3.43. The number of hydrogen-bond donors (Lipinski definition) is 1. The number of methoxy groups -OCH3 is 2. The molecule has 160 valence electrons. The Bertz CT molecular complexity index is 1210. The van der Waals surface area contributed by atoms with Crippen LogP contribution in [0.15, 0.2) is 88.2 Å². The molecule has 0 saturated carbocycles. The highest BCUT2D eigenvalue weighted by Gasteiger charge is 2.37. The Morgan fingerprint density at radius 1 is 0.903 bits per heavy atom. The van der Waals surface area contributed by atoms with Crippen molar-refractivity contribution in [1.82, 2.24) is 9.84 Å². The van der Waals surface area contributed by atoms with Gasteiger partial charge in [-0.3, -0.25) is 0 Å². The molecule has 0 aliphatic carbocycles. The smallest absolute Gasteiger partial charge is 0.260 e. The van der Waals surface area contributed by atoms with Gasteiger partial charge in [0.2, 0.25) is 0 Å².